The predicted molar refractivity (Wildman–Crippen MR) is 151 cm³/mol. The van der Waals surface area contributed by atoms with Crippen LogP contribution >= 0.6 is 46.6 Å². The van der Waals surface area contributed by atoms with Crippen molar-refractivity contribution < 1.29 is 23.9 Å². The summed E-state index contributed by atoms with van der Waals surface area (Å²) >= 11 is 19.4. The van der Waals surface area contributed by atoms with Gasteiger partial charge in [-0.05, 0) is 72.3 Å². The van der Waals surface area contributed by atoms with Crippen LogP contribution in [0.2, 0.25) is 15.1 Å². The summed E-state index contributed by atoms with van der Waals surface area (Å²) in [5.41, 5.74) is 1.76. The van der Waals surface area contributed by atoms with Crippen molar-refractivity contribution in [3.63, 3.8) is 0 Å². The minimum atomic E-state index is -0.460. The fourth-order valence-electron chi connectivity index (χ4n) is 3.54. The average molecular weight is 592 g/mol. The molecule has 1 aliphatic rings. The quantitative estimate of drug-likeness (QED) is 0.263. The molecule has 3 aromatic carbocycles. The minimum absolute atomic E-state index is 0.0147. The lowest BCUT2D eigenvalue weighted by atomic mass is 10.1. The van der Waals surface area contributed by atoms with Crippen LogP contribution in [-0.4, -0.2) is 35.2 Å². The molecule has 1 N–H and O–H groups in total. The Morgan fingerprint density at radius 2 is 1.76 bits per heavy atom. The van der Waals surface area contributed by atoms with Gasteiger partial charge in [-0.2, -0.15) is 0 Å². The Labute approximate surface area is 238 Å². The monoisotopic (exact) mass is 590 g/mol. The molecule has 0 bridgehead atoms. The standard InChI is InChI=1S/C27H21Cl3N2O5S/c1-2-36-22-11-16(10-21(30)25(22)37-15-24(33)31-19-6-4-3-5-7-19)12-23-26(34)32(27(35)38-23)14-17-8-9-18(28)13-20(17)29/h3-13H,2,14-15H2,1H3,(H,31,33)/b23-12-. The van der Waals surface area contributed by atoms with Gasteiger partial charge < -0.3 is 14.8 Å². The number of amides is 3. The maximum absolute atomic E-state index is 13.0. The number of nitrogens with one attached hydrogen (secondary N) is 1. The molecule has 7 nitrogen and oxygen atoms in total. The molecule has 3 amide bonds. The molecule has 0 radical (unpaired) electrons. The van der Waals surface area contributed by atoms with Gasteiger partial charge in [-0.3, -0.25) is 19.3 Å². The number of para-hydroxylation sites is 1. The van der Waals surface area contributed by atoms with E-state index in [1.807, 2.05) is 6.07 Å². The van der Waals surface area contributed by atoms with Crippen LogP contribution in [0.5, 0.6) is 11.5 Å². The molecule has 0 saturated carbocycles. The Hall–Kier alpha value is -3.17. The maximum Gasteiger partial charge on any atom is 0.293 e. The zero-order chi connectivity index (χ0) is 27.2. The molecule has 4 rings (SSSR count). The summed E-state index contributed by atoms with van der Waals surface area (Å²) in [6.45, 7) is 1.82. The number of hydrogen-bond donors (Lipinski definition) is 1. The topological polar surface area (TPSA) is 84.9 Å². The van der Waals surface area contributed by atoms with E-state index in [0.29, 0.717) is 39.2 Å². The lowest BCUT2D eigenvalue weighted by molar-refractivity contribution is -0.123. The summed E-state index contributed by atoms with van der Waals surface area (Å²) in [4.78, 5) is 39.2. The average Bonchev–Trinajstić information content (AvgIpc) is 3.13. The van der Waals surface area contributed by atoms with Gasteiger partial charge in [-0.25, -0.2) is 0 Å². The molecule has 1 aliphatic heterocycles. The zero-order valence-electron chi connectivity index (χ0n) is 20.0. The van der Waals surface area contributed by atoms with Crippen LogP contribution in [0.4, 0.5) is 10.5 Å². The number of nitrogens with zero attached hydrogens (tertiary/aromatic N) is 1. The molecule has 1 heterocycles. The summed E-state index contributed by atoms with van der Waals surface area (Å²) in [5, 5.41) is 3.31. The van der Waals surface area contributed by atoms with Crippen molar-refractivity contribution >= 4 is 75.4 Å². The van der Waals surface area contributed by atoms with Gasteiger partial charge in [0.2, 0.25) is 0 Å². The first kappa shape index (κ1) is 27.9. The third-order valence-corrected chi connectivity index (χ3v) is 7.03. The second kappa shape index (κ2) is 12.6. The summed E-state index contributed by atoms with van der Waals surface area (Å²) in [7, 11) is 0. The van der Waals surface area contributed by atoms with Crippen LogP contribution in [0.15, 0.2) is 65.6 Å². The number of thioether (sulfide) groups is 1. The number of benzene rings is 3. The van der Waals surface area contributed by atoms with Gasteiger partial charge >= 0.3 is 0 Å². The molecule has 0 aliphatic carbocycles. The van der Waals surface area contributed by atoms with Crippen molar-refractivity contribution in [2.75, 3.05) is 18.5 Å². The minimum Gasteiger partial charge on any atom is -0.490 e. The maximum atomic E-state index is 13.0. The molecule has 0 aromatic heterocycles. The van der Waals surface area contributed by atoms with Gasteiger partial charge in [0.1, 0.15) is 0 Å². The normalized spacial score (nSPS) is 14.2. The lowest BCUT2D eigenvalue weighted by Crippen LogP contribution is -2.27. The second-order valence-electron chi connectivity index (χ2n) is 7.97. The van der Waals surface area contributed by atoms with Crippen LogP contribution in [-0.2, 0) is 16.1 Å². The number of anilines is 1. The Bertz CT molecular complexity index is 1420. The molecule has 38 heavy (non-hydrogen) atoms. The largest absolute Gasteiger partial charge is 0.490 e. The highest BCUT2D eigenvalue weighted by Crippen LogP contribution is 2.39. The zero-order valence-corrected chi connectivity index (χ0v) is 23.1. The van der Waals surface area contributed by atoms with Gasteiger partial charge in [0, 0.05) is 15.7 Å². The summed E-state index contributed by atoms with van der Waals surface area (Å²) in [5.74, 6) is -0.337. The van der Waals surface area contributed by atoms with Crippen LogP contribution in [0, 0.1) is 0 Å². The molecule has 1 saturated heterocycles. The molecular formula is C27H21Cl3N2O5S. The third-order valence-electron chi connectivity index (χ3n) is 5.25. The number of carbonyl (C=O) groups excluding carboxylic acids is 3. The predicted octanol–water partition coefficient (Wildman–Crippen LogP) is 7.30. The van der Waals surface area contributed by atoms with E-state index >= 15 is 0 Å². The highest BCUT2D eigenvalue weighted by atomic mass is 35.5. The number of ether oxygens (including phenoxy) is 2. The number of hydrogen-bond acceptors (Lipinski definition) is 6. The van der Waals surface area contributed by atoms with E-state index < -0.39 is 11.1 Å². The van der Waals surface area contributed by atoms with Gasteiger partial charge in [-0.15, -0.1) is 0 Å². The number of rotatable bonds is 9. The van der Waals surface area contributed by atoms with Crippen molar-refractivity contribution in [1.82, 2.24) is 4.90 Å². The molecule has 11 heteroatoms. The van der Waals surface area contributed by atoms with Crippen molar-refractivity contribution in [2.24, 2.45) is 0 Å². The molecule has 3 aromatic rings. The summed E-state index contributed by atoms with van der Waals surface area (Å²) in [6, 6.07) is 17.0. The molecular weight excluding hydrogens is 571 g/mol. The number of imide groups is 1. The van der Waals surface area contributed by atoms with Crippen molar-refractivity contribution in [2.45, 2.75) is 13.5 Å². The molecule has 0 unspecified atom stereocenters. The lowest BCUT2D eigenvalue weighted by Gasteiger charge is -2.15. The van der Waals surface area contributed by atoms with E-state index in [2.05, 4.69) is 5.32 Å². The smallest absolute Gasteiger partial charge is 0.293 e. The van der Waals surface area contributed by atoms with Gasteiger partial charge in [0.05, 0.1) is 23.1 Å². The molecule has 1 fully saturated rings. The van der Waals surface area contributed by atoms with E-state index in [1.165, 1.54) is 0 Å². The highest BCUT2D eigenvalue weighted by molar-refractivity contribution is 8.18. The first-order chi connectivity index (χ1) is 18.2. The first-order valence-corrected chi connectivity index (χ1v) is 13.3. The van der Waals surface area contributed by atoms with Crippen molar-refractivity contribution in [3.05, 3.63) is 91.8 Å². The third kappa shape index (κ3) is 6.82. The fourth-order valence-corrected chi connectivity index (χ4v) is 5.12. The Kier molecular flexibility index (Phi) is 9.22. The van der Waals surface area contributed by atoms with Crippen molar-refractivity contribution in [1.29, 1.82) is 0 Å². The van der Waals surface area contributed by atoms with Gasteiger partial charge in [0.15, 0.2) is 18.1 Å². The molecule has 0 spiro atoms. The summed E-state index contributed by atoms with van der Waals surface area (Å²) < 4.78 is 11.4. The SMILES string of the molecule is CCOc1cc(/C=C2\SC(=O)N(Cc3ccc(Cl)cc3Cl)C2=O)cc(Cl)c1OCC(=O)Nc1ccccc1. The van der Waals surface area contributed by atoms with E-state index in [4.69, 9.17) is 44.3 Å². The second-order valence-corrected chi connectivity index (χ2v) is 10.2. The van der Waals surface area contributed by atoms with Crippen LogP contribution in [0.1, 0.15) is 18.1 Å². The van der Waals surface area contributed by atoms with Crippen LogP contribution in [0.25, 0.3) is 6.08 Å². The fraction of sp³-hybridized carbons (Fsp3) is 0.148. The van der Waals surface area contributed by atoms with Gasteiger partial charge in [0.25, 0.3) is 17.1 Å². The van der Waals surface area contributed by atoms with E-state index in [1.54, 1.807) is 67.6 Å². The van der Waals surface area contributed by atoms with E-state index in [9.17, 15) is 14.4 Å². The Balaban J connectivity index is 1.50. The number of halogens is 3. The molecule has 196 valence electrons. The summed E-state index contributed by atoms with van der Waals surface area (Å²) in [6.07, 6.45) is 1.55. The highest BCUT2D eigenvalue weighted by Gasteiger charge is 2.35. The van der Waals surface area contributed by atoms with Crippen LogP contribution in [0.3, 0.4) is 0 Å². The Morgan fingerprint density at radius 3 is 2.47 bits per heavy atom. The number of carbonyl (C=O) groups is 3. The van der Waals surface area contributed by atoms with Gasteiger partial charge in [-0.1, -0.05) is 59.1 Å². The Morgan fingerprint density at radius 1 is 1.00 bits per heavy atom. The van der Waals surface area contributed by atoms with Crippen LogP contribution < -0.4 is 14.8 Å². The van der Waals surface area contributed by atoms with E-state index in [-0.39, 0.29) is 34.7 Å². The van der Waals surface area contributed by atoms with Crippen molar-refractivity contribution in [3.8, 4) is 11.5 Å². The first-order valence-electron chi connectivity index (χ1n) is 11.4. The van der Waals surface area contributed by atoms with E-state index in [0.717, 1.165) is 16.7 Å². The molecule has 0 atom stereocenters.